The van der Waals surface area contributed by atoms with Crippen LogP contribution < -0.4 is 5.32 Å². The van der Waals surface area contributed by atoms with Crippen LogP contribution in [0.25, 0.3) is 0 Å². The van der Waals surface area contributed by atoms with Crippen molar-refractivity contribution in [1.29, 1.82) is 0 Å². The Bertz CT molecular complexity index is 582. The second-order valence-electron chi connectivity index (χ2n) is 5.14. The van der Waals surface area contributed by atoms with Gasteiger partial charge in [-0.3, -0.25) is 4.79 Å². The zero-order valence-corrected chi connectivity index (χ0v) is 12.2. The van der Waals surface area contributed by atoms with E-state index in [0.717, 1.165) is 5.56 Å². The van der Waals surface area contributed by atoms with Crippen LogP contribution in [0.15, 0.2) is 36.7 Å². The van der Waals surface area contributed by atoms with Crippen molar-refractivity contribution in [2.24, 2.45) is 7.05 Å². The number of nitrogens with zero attached hydrogens (tertiary/aromatic N) is 3. The molecule has 0 radical (unpaired) electrons. The number of carbonyl (C=O) groups is 1. The van der Waals surface area contributed by atoms with Crippen molar-refractivity contribution in [2.45, 2.75) is 31.9 Å². The molecule has 1 heterocycles. The highest BCUT2D eigenvalue weighted by Gasteiger charge is 2.17. The summed E-state index contributed by atoms with van der Waals surface area (Å²) < 4.78 is 1.76. The summed E-state index contributed by atoms with van der Waals surface area (Å²) in [6.45, 7) is 1.84. The van der Waals surface area contributed by atoms with Crippen LogP contribution in [0, 0.1) is 0 Å². The van der Waals surface area contributed by atoms with Crippen LogP contribution in [0.5, 0.6) is 0 Å². The highest BCUT2D eigenvalue weighted by Crippen LogP contribution is 2.09. The molecule has 2 N–H and O–H groups in total. The number of hydrogen-bond acceptors (Lipinski definition) is 4. The van der Waals surface area contributed by atoms with Gasteiger partial charge in [0, 0.05) is 7.05 Å². The Morgan fingerprint density at radius 3 is 2.71 bits per heavy atom. The first kappa shape index (κ1) is 15.2. The molecule has 2 rings (SSSR count). The highest BCUT2D eigenvalue weighted by molar-refractivity contribution is 5.76. The first-order valence-electron chi connectivity index (χ1n) is 6.91. The molecule has 2 atom stereocenters. The summed E-state index contributed by atoms with van der Waals surface area (Å²) in [6, 6.07) is 9.38. The second kappa shape index (κ2) is 6.99. The summed E-state index contributed by atoms with van der Waals surface area (Å²) in [4.78, 5) is 11.9. The van der Waals surface area contributed by atoms with Crippen molar-refractivity contribution in [1.82, 2.24) is 20.1 Å². The van der Waals surface area contributed by atoms with E-state index in [1.54, 1.807) is 10.9 Å². The predicted octanol–water partition coefficient (Wildman–Crippen LogP) is 0.986. The Kier molecular flexibility index (Phi) is 5.05. The molecule has 2 aromatic rings. The van der Waals surface area contributed by atoms with Gasteiger partial charge in [-0.1, -0.05) is 30.3 Å². The van der Waals surface area contributed by atoms with Crippen LogP contribution in [0.4, 0.5) is 0 Å². The monoisotopic (exact) mass is 288 g/mol. The van der Waals surface area contributed by atoms with Crippen LogP contribution in [0.3, 0.4) is 0 Å². The molecule has 0 saturated carbocycles. The lowest BCUT2D eigenvalue weighted by Crippen LogP contribution is -2.31. The van der Waals surface area contributed by atoms with E-state index in [9.17, 15) is 9.90 Å². The maximum atomic E-state index is 11.9. The van der Waals surface area contributed by atoms with Crippen LogP contribution in [-0.2, 0) is 18.3 Å². The van der Waals surface area contributed by atoms with Gasteiger partial charge >= 0.3 is 0 Å². The maximum Gasteiger partial charge on any atom is 0.223 e. The number of aryl methyl sites for hydroxylation is 1. The first-order valence-corrected chi connectivity index (χ1v) is 6.91. The molecule has 0 saturated heterocycles. The van der Waals surface area contributed by atoms with Crippen molar-refractivity contribution >= 4 is 5.91 Å². The van der Waals surface area contributed by atoms with Crippen LogP contribution in [0.2, 0.25) is 0 Å². The average molecular weight is 288 g/mol. The molecule has 0 fully saturated rings. The van der Waals surface area contributed by atoms with E-state index in [1.807, 2.05) is 44.3 Å². The maximum absolute atomic E-state index is 11.9. The minimum Gasteiger partial charge on any atom is -0.392 e. The third kappa shape index (κ3) is 4.39. The molecule has 0 unspecified atom stereocenters. The molecule has 1 amide bonds. The van der Waals surface area contributed by atoms with Gasteiger partial charge in [-0.15, -0.1) is 10.2 Å². The molecular formula is C15H20N4O2. The van der Waals surface area contributed by atoms with Gasteiger partial charge in [0.15, 0.2) is 5.82 Å². The lowest BCUT2D eigenvalue weighted by Gasteiger charge is -2.15. The topological polar surface area (TPSA) is 80.0 Å². The molecule has 0 aliphatic carbocycles. The fourth-order valence-corrected chi connectivity index (χ4v) is 2.22. The largest absolute Gasteiger partial charge is 0.392 e. The molecule has 6 heteroatoms. The Morgan fingerprint density at radius 2 is 2.10 bits per heavy atom. The van der Waals surface area contributed by atoms with Crippen molar-refractivity contribution < 1.29 is 9.90 Å². The van der Waals surface area contributed by atoms with Gasteiger partial charge in [0.05, 0.1) is 18.6 Å². The van der Waals surface area contributed by atoms with Gasteiger partial charge in [0.1, 0.15) is 6.33 Å². The van der Waals surface area contributed by atoms with E-state index in [1.165, 1.54) is 0 Å². The number of rotatable bonds is 6. The summed E-state index contributed by atoms with van der Waals surface area (Å²) in [7, 11) is 1.82. The Hall–Kier alpha value is -2.21. The standard InChI is InChI=1S/C15H20N4O2/c1-11(15-18-16-10-19(15)2)17-14(21)9-13(20)8-12-6-4-3-5-7-12/h3-7,10-11,13,20H,8-9H2,1-2H3,(H,17,21)/t11-,13+/m0/s1. The Morgan fingerprint density at radius 1 is 1.38 bits per heavy atom. The molecule has 0 bridgehead atoms. The van der Waals surface area contributed by atoms with E-state index in [0.29, 0.717) is 12.2 Å². The van der Waals surface area contributed by atoms with Gasteiger partial charge in [0.25, 0.3) is 0 Å². The average Bonchev–Trinajstić information content (AvgIpc) is 2.85. The lowest BCUT2D eigenvalue weighted by molar-refractivity contribution is -0.123. The number of aliphatic hydroxyl groups excluding tert-OH is 1. The van der Waals surface area contributed by atoms with E-state index in [2.05, 4.69) is 15.5 Å². The van der Waals surface area contributed by atoms with E-state index < -0.39 is 6.10 Å². The first-order chi connectivity index (χ1) is 10.1. The van der Waals surface area contributed by atoms with Crippen molar-refractivity contribution in [3.63, 3.8) is 0 Å². The zero-order chi connectivity index (χ0) is 15.2. The summed E-state index contributed by atoms with van der Waals surface area (Å²) >= 11 is 0. The van der Waals surface area contributed by atoms with Crippen molar-refractivity contribution in [3.05, 3.63) is 48.0 Å². The van der Waals surface area contributed by atoms with Crippen LogP contribution >= 0.6 is 0 Å². The normalized spacial score (nSPS) is 13.7. The number of aliphatic hydroxyl groups is 1. The molecule has 1 aromatic carbocycles. The Balaban J connectivity index is 1.83. The summed E-state index contributed by atoms with van der Waals surface area (Å²) in [6.07, 6.45) is 1.42. The van der Waals surface area contributed by atoms with Gasteiger partial charge in [-0.05, 0) is 18.9 Å². The molecule has 1 aromatic heterocycles. The molecule has 112 valence electrons. The number of amides is 1. The van der Waals surface area contributed by atoms with E-state index >= 15 is 0 Å². The lowest BCUT2D eigenvalue weighted by atomic mass is 10.1. The van der Waals surface area contributed by atoms with Gasteiger partial charge in [-0.2, -0.15) is 0 Å². The highest BCUT2D eigenvalue weighted by atomic mass is 16.3. The fraction of sp³-hybridized carbons (Fsp3) is 0.400. The van der Waals surface area contributed by atoms with Crippen molar-refractivity contribution in [3.8, 4) is 0 Å². The van der Waals surface area contributed by atoms with Crippen LogP contribution in [-0.4, -0.2) is 31.9 Å². The minimum atomic E-state index is -0.695. The van der Waals surface area contributed by atoms with E-state index in [-0.39, 0.29) is 18.4 Å². The molecule has 0 aliphatic rings. The second-order valence-corrected chi connectivity index (χ2v) is 5.14. The summed E-state index contributed by atoms with van der Waals surface area (Å²) in [5.74, 6) is 0.481. The SMILES string of the molecule is C[C@H](NC(=O)C[C@H](O)Cc1ccccc1)c1nncn1C. The molecule has 0 aliphatic heterocycles. The fourth-order valence-electron chi connectivity index (χ4n) is 2.22. The summed E-state index contributed by atoms with van der Waals surface area (Å²) in [5, 5.41) is 20.5. The number of carbonyl (C=O) groups excluding carboxylic acids is 1. The van der Waals surface area contributed by atoms with Gasteiger partial charge in [-0.25, -0.2) is 0 Å². The molecular weight excluding hydrogens is 268 g/mol. The molecule has 6 nitrogen and oxygen atoms in total. The number of benzene rings is 1. The predicted molar refractivity (Wildman–Crippen MR) is 78.3 cm³/mol. The number of hydrogen-bond donors (Lipinski definition) is 2. The van der Waals surface area contributed by atoms with Crippen LogP contribution in [0.1, 0.15) is 30.8 Å². The smallest absolute Gasteiger partial charge is 0.223 e. The molecule has 0 spiro atoms. The molecule has 21 heavy (non-hydrogen) atoms. The Labute approximate surface area is 123 Å². The van der Waals surface area contributed by atoms with E-state index in [4.69, 9.17) is 0 Å². The zero-order valence-electron chi connectivity index (χ0n) is 12.2. The summed E-state index contributed by atoms with van der Waals surface area (Å²) in [5.41, 5.74) is 1.01. The third-order valence-electron chi connectivity index (χ3n) is 3.25. The van der Waals surface area contributed by atoms with Gasteiger partial charge < -0.3 is 15.0 Å². The quantitative estimate of drug-likeness (QED) is 0.830. The minimum absolute atomic E-state index is 0.0666. The number of aromatic nitrogens is 3. The van der Waals surface area contributed by atoms with Crippen molar-refractivity contribution in [2.75, 3.05) is 0 Å². The third-order valence-corrected chi connectivity index (χ3v) is 3.25. The van der Waals surface area contributed by atoms with Gasteiger partial charge in [0.2, 0.25) is 5.91 Å². The number of nitrogens with one attached hydrogen (secondary N) is 1.